The average Bonchev–Trinajstić information content (AvgIpc) is 3.59. The number of halogens is 2. The van der Waals surface area contributed by atoms with Gasteiger partial charge in [-0.05, 0) is 47.0 Å². The number of nitrogens with zero attached hydrogens (tertiary/aromatic N) is 5. The molecule has 12 nitrogen and oxygen atoms in total. The number of nitrogens with one attached hydrogen (secondary N) is 1. The topological polar surface area (TPSA) is 161 Å². The fourth-order valence-corrected chi connectivity index (χ4v) is 7.15. The summed E-state index contributed by atoms with van der Waals surface area (Å²) in [6.45, 7) is 4.30. The molecular formula is C32H32Cl2N8O4S. The van der Waals surface area contributed by atoms with Gasteiger partial charge in [-0.2, -0.15) is 5.01 Å². The molecule has 6 N–H and O–H groups in total. The summed E-state index contributed by atoms with van der Waals surface area (Å²) in [6.07, 6.45) is 1.05. The number of anilines is 2. The third kappa shape index (κ3) is 6.52. The number of thiazole rings is 1. The summed E-state index contributed by atoms with van der Waals surface area (Å²) >= 11 is 13.6. The van der Waals surface area contributed by atoms with Crippen molar-refractivity contribution in [2.24, 2.45) is 0 Å². The molecule has 6 rings (SSSR count). The first-order valence-corrected chi connectivity index (χ1v) is 16.3. The van der Waals surface area contributed by atoms with Crippen molar-refractivity contribution < 1.29 is 19.5 Å². The highest BCUT2D eigenvalue weighted by Crippen LogP contribution is 2.33. The Hall–Kier alpha value is -4.56. The molecule has 2 fully saturated rings. The zero-order valence-electron chi connectivity index (χ0n) is 25.1. The van der Waals surface area contributed by atoms with E-state index < -0.39 is 18.2 Å². The Kier molecular flexibility index (Phi) is 9.15. The molecule has 15 heteroatoms. The van der Waals surface area contributed by atoms with E-state index in [9.17, 15) is 19.5 Å². The van der Waals surface area contributed by atoms with Crippen molar-refractivity contribution in [3.8, 4) is 5.75 Å². The molecule has 2 aliphatic heterocycles. The predicted octanol–water partition coefficient (Wildman–Crippen LogP) is 4.21. The van der Waals surface area contributed by atoms with Crippen LogP contribution >= 0.6 is 34.5 Å². The number of carbonyl (C=O) groups excluding carboxylic acids is 3. The molecular weight excluding hydrogens is 663 g/mol. The largest absolute Gasteiger partial charge is 0.506 e. The van der Waals surface area contributed by atoms with Crippen molar-refractivity contribution in [3.63, 3.8) is 0 Å². The van der Waals surface area contributed by atoms with Crippen LogP contribution in [0.25, 0.3) is 10.2 Å². The number of aromatic hydroxyl groups is 1. The van der Waals surface area contributed by atoms with Crippen molar-refractivity contribution in [1.82, 2.24) is 30.1 Å². The standard InChI is InChI=1S/C32H32Cl2N8O4S/c1-2-10-40(32(46)37-14-19-6-8-21(33)22(34)11-19)41-17-28(44)42-24(13-18-7-9-25(43)23(35)12-18)30(45)39(16-27(41)42)15-20-4-3-5-26-29(20)38-31(36)47-26/h2-9,11-12,24,27,43H,1,10,13-17,35H2,(H2,36,38)(H,37,46)/t24-,27?/m0/s1. The lowest BCUT2D eigenvalue weighted by Crippen LogP contribution is -2.66. The summed E-state index contributed by atoms with van der Waals surface area (Å²) in [5.74, 6) is -0.641. The monoisotopic (exact) mass is 694 g/mol. The lowest BCUT2D eigenvalue weighted by molar-refractivity contribution is -0.157. The van der Waals surface area contributed by atoms with E-state index in [1.165, 1.54) is 22.4 Å². The minimum atomic E-state index is -0.903. The van der Waals surface area contributed by atoms with Gasteiger partial charge in [0.2, 0.25) is 11.8 Å². The van der Waals surface area contributed by atoms with E-state index in [0.29, 0.717) is 26.3 Å². The maximum atomic E-state index is 14.2. The van der Waals surface area contributed by atoms with E-state index in [1.54, 1.807) is 51.2 Å². The van der Waals surface area contributed by atoms with Crippen molar-refractivity contribution in [3.05, 3.63) is 94.0 Å². The predicted molar refractivity (Wildman–Crippen MR) is 182 cm³/mol. The Labute approximate surface area is 284 Å². The molecule has 1 aromatic heterocycles. The van der Waals surface area contributed by atoms with Crippen molar-refractivity contribution in [2.75, 3.05) is 31.1 Å². The molecule has 0 bridgehead atoms. The average molecular weight is 696 g/mol. The van der Waals surface area contributed by atoms with Crippen LogP contribution in [0.2, 0.25) is 10.0 Å². The van der Waals surface area contributed by atoms with Crippen LogP contribution in [0.15, 0.2) is 67.3 Å². The maximum absolute atomic E-state index is 14.2. The molecule has 2 saturated heterocycles. The van der Waals surface area contributed by atoms with Gasteiger partial charge in [0.1, 0.15) is 18.0 Å². The van der Waals surface area contributed by atoms with Gasteiger partial charge in [-0.15, -0.1) is 6.58 Å². The molecule has 0 aliphatic carbocycles. The number of benzene rings is 3. The van der Waals surface area contributed by atoms with E-state index in [4.69, 9.17) is 34.7 Å². The quantitative estimate of drug-likeness (QED) is 0.115. The minimum absolute atomic E-state index is 0.0748. The normalized spacial score (nSPS) is 18.1. The number of nitrogen functional groups attached to an aromatic ring is 2. The highest BCUT2D eigenvalue weighted by atomic mass is 35.5. The second-order valence-corrected chi connectivity index (χ2v) is 13.2. The highest BCUT2D eigenvalue weighted by molar-refractivity contribution is 7.22. The van der Waals surface area contributed by atoms with Gasteiger partial charge in [0.25, 0.3) is 0 Å². The number of para-hydroxylation sites is 1. The van der Waals surface area contributed by atoms with Crippen LogP contribution in [0, 0.1) is 0 Å². The summed E-state index contributed by atoms with van der Waals surface area (Å²) in [5.41, 5.74) is 15.1. The van der Waals surface area contributed by atoms with E-state index in [-0.39, 0.29) is 62.4 Å². The van der Waals surface area contributed by atoms with Crippen molar-refractivity contribution in [2.45, 2.75) is 31.7 Å². The Balaban J connectivity index is 1.32. The highest BCUT2D eigenvalue weighted by Gasteiger charge is 2.52. The van der Waals surface area contributed by atoms with Crippen LogP contribution in [0.1, 0.15) is 16.7 Å². The number of piperazine rings is 1. The van der Waals surface area contributed by atoms with Crippen LogP contribution in [-0.2, 0) is 29.1 Å². The molecule has 2 atom stereocenters. The number of hydrazine groups is 1. The third-order valence-corrected chi connectivity index (χ3v) is 9.83. The van der Waals surface area contributed by atoms with Crippen LogP contribution in [0.5, 0.6) is 5.75 Å². The number of urea groups is 1. The molecule has 2 aliphatic rings. The smallest absolute Gasteiger partial charge is 0.332 e. The number of rotatable bonds is 9. The Morgan fingerprint density at radius 2 is 1.91 bits per heavy atom. The molecule has 0 radical (unpaired) electrons. The van der Waals surface area contributed by atoms with Crippen molar-refractivity contribution in [1.29, 1.82) is 0 Å². The van der Waals surface area contributed by atoms with Crippen LogP contribution in [0.3, 0.4) is 0 Å². The SMILES string of the molecule is C=CCN(C(=O)NCc1ccc(Cl)c(Cl)c1)N1CC(=O)N2C1CN(Cc1cccc3sc(N)nc13)C(=O)[C@@H]2Cc1ccc(O)c(N)c1. The Morgan fingerprint density at radius 1 is 1.13 bits per heavy atom. The summed E-state index contributed by atoms with van der Waals surface area (Å²) in [7, 11) is 0. The van der Waals surface area contributed by atoms with Crippen molar-refractivity contribution >= 4 is 73.4 Å². The summed E-state index contributed by atoms with van der Waals surface area (Å²) in [6, 6.07) is 14.2. The van der Waals surface area contributed by atoms with E-state index in [2.05, 4.69) is 16.9 Å². The Morgan fingerprint density at radius 3 is 2.66 bits per heavy atom. The number of hydrogen-bond acceptors (Lipinski definition) is 9. The van der Waals surface area contributed by atoms with Crippen LogP contribution in [0.4, 0.5) is 15.6 Å². The number of carbonyl (C=O) groups is 3. The Bertz CT molecular complexity index is 1890. The fourth-order valence-electron chi connectivity index (χ4n) is 6.05. The number of phenols is 1. The zero-order valence-corrected chi connectivity index (χ0v) is 27.4. The van der Waals surface area contributed by atoms with Gasteiger partial charge in [0.05, 0.1) is 45.6 Å². The summed E-state index contributed by atoms with van der Waals surface area (Å²) in [4.78, 5) is 49.3. The summed E-state index contributed by atoms with van der Waals surface area (Å²) < 4.78 is 0.899. The van der Waals surface area contributed by atoms with Gasteiger partial charge in [-0.25, -0.2) is 9.78 Å². The van der Waals surface area contributed by atoms with Crippen LogP contribution in [-0.4, -0.2) is 79.6 Å². The first-order valence-electron chi connectivity index (χ1n) is 14.7. The first-order chi connectivity index (χ1) is 22.5. The second-order valence-electron chi connectivity index (χ2n) is 11.3. The third-order valence-electron chi connectivity index (χ3n) is 8.24. The minimum Gasteiger partial charge on any atom is -0.506 e. The molecule has 3 heterocycles. The number of phenolic OH excluding ortho intramolecular Hbond substituents is 1. The zero-order chi connectivity index (χ0) is 33.4. The van der Waals surface area contributed by atoms with Gasteiger partial charge < -0.3 is 31.7 Å². The first kappa shape index (κ1) is 32.4. The van der Waals surface area contributed by atoms with Gasteiger partial charge in [-0.1, -0.05) is 64.9 Å². The molecule has 1 unspecified atom stereocenters. The molecule has 47 heavy (non-hydrogen) atoms. The molecule has 0 spiro atoms. The number of nitrogens with two attached hydrogens (primary N) is 2. The number of aromatic nitrogens is 1. The van der Waals surface area contributed by atoms with E-state index >= 15 is 0 Å². The molecule has 244 valence electrons. The second kappa shape index (κ2) is 13.3. The van der Waals surface area contributed by atoms with Gasteiger partial charge in [0, 0.05) is 19.5 Å². The fraction of sp³-hybridized carbons (Fsp3) is 0.250. The lowest BCUT2D eigenvalue weighted by atomic mass is 9.99. The molecule has 4 aromatic rings. The molecule has 4 amide bonds. The maximum Gasteiger partial charge on any atom is 0.332 e. The number of hydrogen-bond donors (Lipinski definition) is 4. The van der Waals surface area contributed by atoms with E-state index in [1.807, 2.05) is 18.2 Å². The van der Waals surface area contributed by atoms with Gasteiger partial charge in [-0.3, -0.25) is 14.6 Å². The van der Waals surface area contributed by atoms with E-state index in [0.717, 1.165) is 15.8 Å². The summed E-state index contributed by atoms with van der Waals surface area (Å²) in [5, 5.41) is 17.2. The van der Waals surface area contributed by atoms with Crippen LogP contribution < -0.4 is 16.8 Å². The van der Waals surface area contributed by atoms with Gasteiger partial charge >= 0.3 is 6.03 Å². The molecule has 3 aromatic carbocycles. The number of fused-ring (bicyclic) bond motifs is 2. The molecule has 0 saturated carbocycles. The number of amides is 4. The van der Waals surface area contributed by atoms with Gasteiger partial charge in [0.15, 0.2) is 5.13 Å². The lowest BCUT2D eigenvalue weighted by Gasteiger charge is -2.46.